The van der Waals surface area contributed by atoms with Gasteiger partial charge in [-0.25, -0.2) is 0 Å². The van der Waals surface area contributed by atoms with Gasteiger partial charge in [-0.05, 0) is 12.5 Å². The van der Waals surface area contributed by atoms with E-state index in [2.05, 4.69) is 24.2 Å². The highest BCUT2D eigenvalue weighted by Crippen LogP contribution is 2.12. The summed E-state index contributed by atoms with van der Waals surface area (Å²) in [6, 6.07) is 10.0. The van der Waals surface area contributed by atoms with Crippen LogP contribution in [0, 0.1) is 6.92 Å². The Kier molecular flexibility index (Phi) is 2.83. The third kappa shape index (κ3) is 2.44. The molecule has 0 radical (unpaired) electrons. The number of nitrogens with zero attached hydrogens (tertiary/aromatic N) is 1. The number of aliphatic hydroxyl groups is 1. The van der Waals surface area contributed by atoms with Crippen molar-refractivity contribution in [2.75, 3.05) is 0 Å². The largest absolute Gasteiger partial charge is 0.390 e. The second-order valence-electron chi connectivity index (χ2n) is 3.61. The monoisotopic (exact) mass is 203 g/mol. The van der Waals surface area contributed by atoms with Gasteiger partial charge in [0.15, 0.2) is 0 Å². The normalized spacial score (nSPS) is 10.5. The van der Waals surface area contributed by atoms with Crippen LogP contribution in [0.4, 0.5) is 0 Å². The molecule has 1 aromatic carbocycles. The topological polar surface area (TPSA) is 46.3 Å². The third-order valence-corrected chi connectivity index (χ3v) is 2.23. The zero-order chi connectivity index (χ0) is 10.7. The highest BCUT2D eigenvalue weighted by atomic mass is 16.5. The molecular weight excluding hydrogens is 190 g/mol. The first-order valence-electron chi connectivity index (χ1n) is 4.89. The lowest BCUT2D eigenvalue weighted by atomic mass is 10.1. The van der Waals surface area contributed by atoms with E-state index in [-0.39, 0.29) is 6.61 Å². The molecule has 15 heavy (non-hydrogen) atoms. The maximum absolute atomic E-state index is 8.84. The predicted molar refractivity (Wildman–Crippen MR) is 56.4 cm³/mol. The van der Waals surface area contributed by atoms with Crippen molar-refractivity contribution in [2.24, 2.45) is 0 Å². The Morgan fingerprint density at radius 2 is 2.20 bits per heavy atom. The van der Waals surface area contributed by atoms with Gasteiger partial charge in [-0.2, -0.15) is 0 Å². The standard InChI is InChI=1S/C12H13NO2/c1-9-3-2-4-10(5-9)6-12-7-11(8-14)13-15-12/h2-5,7,14H,6,8H2,1H3. The first-order chi connectivity index (χ1) is 7.28. The Hall–Kier alpha value is -1.61. The van der Waals surface area contributed by atoms with E-state index in [4.69, 9.17) is 9.63 Å². The van der Waals surface area contributed by atoms with Gasteiger partial charge in [0.25, 0.3) is 0 Å². The highest BCUT2D eigenvalue weighted by molar-refractivity contribution is 5.25. The molecule has 0 unspecified atom stereocenters. The molecule has 0 saturated carbocycles. The molecule has 0 fully saturated rings. The summed E-state index contributed by atoms with van der Waals surface area (Å²) in [6.07, 6.45) is 0.717. The maximum atomic E-state index is 8.84. The van der Waals surface area contributed by atoms with E-state index in [1.165, 1.54) is 11.1 Å². The van der Waals surface area contributed by atoms with Crippen LogP contribution in [0.15, 0.2) is 34.9 Å². The van der Waals surface area contributed by atoms with Gasteiger partial charge in [0.2, 0.25) is 0 Å². The molecule has 3 heteroatoms. The van der Waals surface area contributed by atoms with Gasteiger partial charge in [-0.1, -0.05) is 35.0 Å². The molecule has 0 saturated heterocycles. The first kappa shape index (κ1) is 9.93. The molecule has 0 aliphatic heterocycles. The fourth-order valence-electron chi connectivity index (χ4n) is 1.54. The van der Waals surface area contributed by atoms with Crippen LogP contribution in [0.1, 0.15) is 22.6 Å². The quantitative estimate of drug-likeness (QED) is 0.830. The lowest BCUT2D eigenvalue weighted by Crippen LogP contribution is -1.86. The average Bonchev–Trinajstić information content (AvgIpc) is 2.65. The van der Waals surface area contributed by atoms with E-state index in [9.17, 15) is 0 Å². The minimum Gasteiger partial charge on any atom is -0.390 e. The van der Waals surface area contributed by atoms with Crippen molar-refractivity contribution < 1.29 is 9.63 Å². The van der Waals surface area contributed by atoms with Crippen molar-refractivity contribution in [2.45, 2.75) is 20.0 Å². The highest BCUT2D eigenvalue weighted by Gasteiger charge is 2.04. The lowest BCUT2D eigenvalue weighted by Gasteiger charge is -1.98. The summed E-state index contributed by atoms with van der Waals surface area (Å²) in [7, 11) is 0. The SMILES string of the molecule is Cc1cccc(Cc2cc(CO)no2)c1. The summed E-state index contributed by atoms with van der Waals surface area (Å²) in [4.78, 5) is 0. The Balaban J connectivity index is 2.14. The number of rotatable bonds is 3. The molecule has 0 aliphatic carbocycles. The van der Waals surface area contributed by atoms with Crippen LogP contribution >= 0.6 is 0 Å². The number of aromatic nitrogens is 1. The van der Waals surface area contributed by atoms with Crippen molar-refractivity contribution in [1.82, 2.24) is 5.16 Å². The van der Waals surface area contributed by atoms with Crippen LogP contribution in [0.25, 0.3) is 0 Å². The van der Waals surface area contributed by atoms with Gasteiger partial charge in [-0.15, -0.1) is 0 Å². The van der Waals surface area contributed by atoms with Gasteiger partial charge in [0.1, 0.15) is 11.5 Å². The molecule has 0 spiro atoms. The van der Waals surface area contributed by atoms with Crippen molar-refractivity contribution >= 4 is 0 Å². The lowest BCUT2D eigenvalue weighted by molar-refractivity contribution is 0.265. The molecule has 1 aromatic heterocycles. The maximum Gasteiger partial charge on any atom is 0.141 e. The fourth-order valence-corrected chi connectivity index (χ4v) is 1.54. The van der Waals surface area contributed by atoms with Gasteiger partial charge in [0, 0.05) is 12.5 Å². The number of hydrogen-bond acceptors (Lipinski definition) is 3. The first-order valence-corrected chi connectivity index (χ1v) is 4.89. The molecule has 0 atom stereocenters. The van der Waals surface area contributed by atoms with Crippen molar-refractivity contribution in [1.29, 1.82) is 0 Å². The van der Waals surface area contributed by atoms with Gasteiger partial charge >= 0.3 is 0 Å². The van der Waals surface area contributed by atoms with Gasteiger partial charge < -0.3 is 9.63 Å². The van der Waals surface area contributed by atoms with E-state index in [1.807, 2.05) is 12.1 Å². The fraction of sp³-hybridized carbons (Fsp3) is 0.250. The summed E-state index contributed by atoms with van der Waals surface area (Å²) in [5, 5.41) is 12.6. The van der Waals surface area contributed by atoms with Crippen LogP contribution in [0.5, 0.6) is 0 Å². The summed E-state index contributed by atoms with van der Waals surface area (Å²) < 4.78 is 5.09. The molecule has 3 nitrogen and oxygen atoms in total. The molecule has 0 amide bonds. The zero-order valence-electron chi connectivity index (χ0n) is 8.60. The van der Waals surface area contributed by atoms with Gasteiger partial charge in [0.05, 0.1) is 6.61 Å². The van der Waals surface area contributed by atoms with E-state index >= 15 is 0 Å². The average molecular weight is 203 g/mol. The van der Waals surface area contributed by atoms with E-state index < -0.39 is 0 Å². The van der Waals surface area contributed by atoms with E-state index in [1.54, 1.807) is 6.07 Å². The molecule has 1 heterocycles. The Bertz CT molecular complexity index is 448. The summed E-state index contributed by atoms with van der Waals surface area (Å²) in [6.45, 7) is 1.99. The Morgan fingerprint density at radius 3 is 2.87 bits per heavy atom. The Labute approximate surface area is 88.3 Å². The number of aryl methyl sites for hydroxylation is 1. The Morgan fingerprint density at radius 1 is 1.33 bits per heavy atom. The third-order valence-electron chi connectivity index (χ3n) is 2.23. The molecule has 2 aromatic rings. The van der Waals surface area contributed by atoms with E-state index in [0.29, 0.717) is 12.1 Å². The molecule has 1 N–H and O–H groups in total. The van der Waals surface area contributed by atoms with Crippen molar-refractivity contribution in [3.63, 3.8) is 0 Å². The minimum absolute atomic E-state index is 0.0721. The van der Waals surface area contributed by atoms with Crippen LogP contribution in [0.3, 0.4) is 0 Å². The summed E-state index contributed by atoms with van der Waals surface area (Å²) in [5.41, 5.74) is 3.00. The summed E-state index contributed by atoms with van der Waals surface area (Å²) in [5.74, 6) is 0.782. The van der Waals surface area contributed by atoms with Crippen molar-refractivity contribution in [3.8, 4) is 0 Å². The predicted octanol–water partition coefficient (Wildman–Crippen LogP) is 2.07. The molecular formula is C12H13NO2. The van der Waals surface area contributed by atoms with Gasteiger partial charge in [-0.3, -0.25) is 0 Å². The minimum atomic E-state index is -0.0721. The second-order valence-corrected chi connectivity index (χ2v) is 3.61. The molecule has 0 bridgehead atoms. The number of hydrogen-bond donors (Lipinski definition) is 1. The number of benzene rings is 1. The van der Waals surface area contributed by atoms with Crippen LogP contribution in [-0.2, 0) is 13.0 Å². The molecule has 0 aliphatic rings. The second kappa shape index (κ2) is 4.28. The molecule has 78 valence electrons. The molecule has 2 rings (SSSR count). The van der Waals surface area contributed by atoms with Crippen molar-refractivity contribution in [3.05, 3.63) is 52.9 Å². The van der Waals surface area contributed by atoms with E-state index in [0.717, 1.165) is 5.76 Å². The van der Waals surface area contributed by atoms with Crippen LogP contribution < -0.4 is 0 Å². The van der Waals surface area contributed by atoms with Crippen LogP contribution in [-0.4, -0.2) is 10.3 Å². The van der Waals surface area contributed by atoms with Crippen LogP contribution in [0.2, 0.25) is 0 Å². The smallest absolute Gasteiger partial charge is 0.141 e. The number of aliphatic hydroxyl groups excluding tert-OH is 1. The zero-order valence-corrected chi connectivity index (χ0v) is 8.60. The summed E-state index contributed by atoms with van der Waals surface area (Å²) >= 11 is 0.